The van der Waals surface area contributed by atoms with Crippen LogP contribution in [-0.2, 0) is 5.75 Å². The van der Waals surface area contributed by atoms with E-state index in [9.17, 15) is 9.18 Å². The van der Waals surface area contributed by atoms with Crippen molar-refractivity contribution < 1.29 is 9.18 Å². The summed E-state index contributed by atoms with van der Waals surface area (Å²) < 4.78 is 14.1. The fourth-order valence-electron chi connectivity index (χ4n) is 2.68. The molecule has 0 spiro atoms. The van der Waals surface area contributed by atoms with Crippen LogP contribution in [0.3, 0.4) is 0 Å². The number of hydrogen-bond acceptors (Lipinski definition) is 3. The lowest BCUT2D eigenvalue weighted by Crippen LogP contribution is -2.08. The van der Waals surface area contributed by atoms with Crippen molar-refractivity contribution in [1.82, 2.24) is 0 Å². The Kier molecular flexibility index (Phi) is 7.29. The minimum absolute atomic E-state index is 0.0266. The normalized spacial score (nSPS) is 11.4. The van der Waals surface area contributed by atoms with Crippen LogP contribution >= 0.6 is 27.7 Å². The van der Waals surface area contributed by atoms with Crippen molar-refractivity contribution in [3.8, 4) is 0 Å². The first-order valence-electron chi connectivity index (χ1n) is 9.09. The van der Waals surface area contributed by atoms with Crippen molar-refractivity contribution in [3.05, 3.63) is 105 Å². The molecule has 0 heterocycles. The molecule has 0 saturated carbocycles. The van der Waals surface area contributed by atoms with Gasteiger partial charge in [0.05, 0.1) is 4.91 Å². The van der Waals surface area contributed by atoms with Gasteiger partial charge < -0.3 is 4.90 Å². The van der Waals surface area contributed by atoms with E-state index in [0.29, 0.717) is 16.2 Å². The predicted molar refractivity (Wildman–Crippen MR) is 125 cm³/mol. The Labute approximate surface area is 183 Å². The molecule has 5 heteroatoms. The predicted octanol–water partition coefficient (Wildman–Crippen LogP) is 6.81. The Bertz CT molecular complexity index is 997. The third kappa shape index (κ3) is 6.05. The molecule has 3 aromatic rings. The van der Waals surface area contributed by atoms with Gasteiger partial charge in [-0.15, -0.1) is 11.8 Å². The van der Waals surface area contributed by atoms with Crippen LogP contribution in [0.2, 0.25) is 0 Å². The monoisotopic (exact) mass is 469 g/mol. The van der Waals surface area contributed by atoms with E-state index in [1.807, 2.05) is 73.6 Å². The van der Waals surface area contributed by atoms with Gasteiger partial charge in [0, 0.05) is 35.6 Å². The van der Waals surface area contributed by atoms with Gasteiger partial charge in [-0.1, -0.05) is 40.2 Å². The van der Waals surface area contributed by atoms with Crippen molar-refractivity contribution in [2.75, 3.05) is 19.0 Å². The molecule has 3 rings (SSSR count). The summed E-state index contributed by atoms with van der Waals surface area (Å²) in [5.74, 6) is 0.298. The molecule has 0 aliphatic heterocycles. The number of Topliss-reactive ketones (excluding diaryl/α,β-unsaturated/α-hetero) is 1. The average molecular weight is 470 g/mol. The number of allylic oxidation sites excluding steroid dienone is 1. The number of halogens is 2. The maximum absolute atomic E-state index is 13.2. The van der Waals surface area contributed by atoms with Crippen molar-refractivity contribution >= 4 is 45.2 Å². The number of hydrogen-bond donors (Lipinski definition) is 0. The van der Waals surface area contributed by atoms with Gasteiger partial charge >= 0.3 is 0 Å². The summed E-state index contributed by atoms with van der Waals surface area (Å²) in [7, 11) is 3.98. The van der Waals surface area contributed by atoms with Crippen LogP contribution in [0.15, 0.2) is 82.2 Å². The number of carbonyl (C=O) groups is 1. The first-order chi connectivity index (χ1) is 13.9. The zero-order valence-electron chi connectivity index (χ0n) is 16.2. The summed E-state index contributed by atoms with van der Waals surface area (Å²) >= 11 is 4.87. The SMILES string of the molecule is CN(C)c1ccc(C=C(SCc2ccc(F)cc2)C(=O)c2ccc(Br)cc2)cc1. The summed E-state index contributed by atoms with van der Waals surface area (Å²) in [5.41, 5.74) is 3.66. The summed E-state index contributed by atoms with van der Waals surface area (Å²) in [4.78, 5) is 15.8. The molecule has 0 aliphatic carbocycles. The largest absolute Gasteiger partial charge is 0.378 e. The van der Waals surface area contributed by atoms with Gasteiger partial charge in [0.1, 0.15) is 5.82 Å². The van der Waals surface area contributed by atoms with Gasteiger partial charge in [0.2, 0.25) is 0 Å². The first-order valence-corrected chi connectivity index (χ1v) is 10.9. The summed E-state index contributed by atoms with van der Waals surface area (Å²) in [6, 6.07) is 21.8. The second-order valence-corrected chi connectivity index (χ2v) is 8.68. The second kappa shape index (κ2) is 9.90. The lowest BCUT2D eigenvalue weighted by atomic mass is 10.1. The molecule has 0 N–H and O–H groups in total. The maximum Gasteiger partial charge on any atom is 0.199 e. The van der Waals surface area contributed by atoms with Gasteiger partial charge in [0.25, 0.3) is 0 Å². The number of ketones is 1. The van der Waals surface area contributed by atoms with E-state index < -0.39 is 0 Å². The molecule has 0 amide bonds. The zero-order chi connectivity index (χ0) is 20.8. The molecule has 3 aromatic carbocycles. The molecule has 0 bridgehead atoms. The van der Waals surface area contributed by atoms with Crippen molar-refractivity contribution in [3.63, 3.8) is 0 Å². The van der Waals surface area contributed by atoms with E-state index >= 15 is 0 Å². The Morgan fingerprint density at radius 3 is 2.17 bits per heavy atom. The number of rotatable bonds is 7. The molecule has 29 heavy (non-hydrogen) atoms. The van der Waals surface area contributed by atoms with Gasteiger partial charge in [0.15, 0.2) is 5.78 Å². The van der Waals surface area contributed by atoms with Crippen LogP contribution in [0.4, 0.5) is 10.1 Å². The molecule has 148 valence electrons. The number of anilines is 1. The van der Waals surface area contributed by atoms with Crippen molar-refractivity contribution in [1.29, 1.82) is 0 Å². The minimum Gasteiger partial charge on any atom is -0.378 e. The molecular weight excluding hydrogens is 449 g/mol. The third-order valence-electron chi connectivity index (χ3n) is 4.35. The van der Waals surface area contributed by atoms with Crippen molar-refractivity contribution in [2.24, 2.45) is 0 Å². The highest BCUT2D eigenvalue weighted by Gasteiger charge is 2.14. The van der Waals surface area contributed by atoms with Crippen LogP contribution < -0.4 is 4.90 Å². The minimum atomic E-state index is -0.263. The Hall–Kier alpha value is -2.37. The van der Waals surface area contributed by atoms with E-state index in [2.05, 4.69) is 15.9 Å². The van der Waals surface area contributed by atoms with Gasteiger partial charge in [-0.25, -0.2) is 4.39 Å². The summed E-state index contributed by atoms with van der Waals surface area (Å²) in [5, 5.41) is 0. The van der Waals surface area contributed by atoms with Crippen LogP contribution in [0, 0.1) is 5.82 Å². The Morgan fingerprint density at radius 2 is 1.59 bits per heavy atom. The molecule has 0 fully saturated rings. The van der Waals surface area contributed by atoms with E-state index in [-0.39, 0.29) is 11.6 Å². The van der Waals surface area contributed by atoms with Gasteiger partial charge in [-0.2, -0.15) is 0 Å². The van der Waals surface area contributed by atoms with Gasteiger partial charge in [-0.3, -0.25) is 4.79 Å². The average Bonchev–Trinajstić information content (AvgIpc) is 2.72. The third-order valence-corrected chi connectivity index (χ3v) is 5.97. The van der Waals surface area contributed by atoms with Gasteiger partial charge in [-0.05, 0) is 65.7 Å². The molecule has 0 unspecified atom stereocenters. The number of benzene rings is 3. The van der Waals surface area contributed by atoms with E-state index in [0.717, 1.165) is 21.3 Å². The van der Waals surface area contributed by atoms with Crippen LogP contribution in [0.1, 0.15) is 21.5 Å². The smallest absolute Gasteiger partial charge is 0.199 e. The maximum atomic E-state index is 13.2. The van der Waals surface area contributed by atoms with Crippen molar-refractivity contribution in [2.45, 2.75) is 5.75 Å². The molecule has 0 aromatic heterocycles. The topological polar surface area (TPSA) is 20.3 Å². The molecule has 2 nitrogen and oxygen atoms in total. The highest BCUT2D eigenvalue weighted by molar-refractivity contribution is 9.10. The van der Waals surface area contributed by atoms with Crippen LogP contribution in [0.25, 0.3) is 6.08 Å². The summed E-state index contributed by atoms with van der Waals surface area (Å²) in [6.07, 6.45) is 1.91. The lowest BCUT2D eigenvalue weighted by Gasteiger charge is -2.12. The van der Waals surface area contributed by atoms with Crippen LogP contribution in [-0.4, -0.2) is 19.9 Å². The lowest BCUT2D eigenvalue weighted by molar-refractivity contribution is 0.104. The standard InChI is InChI=1S/C24H21BrFNOS/c1-27(2)22-13-5-17(6-14-22)15-23(24(28)19-7-9-20(25)10-8-19)29-16-18-3-11-21(26)12-4-18/h3-15H,16H2,1-2H3. The van der Waals surface area contributed by atoms with E-state index in [4.69, 9.17) is 0 Å². The van der Waals surface area contributed by atoms with Crippen LogP contribution in [0.5, 0.6) is 0 Å². The fraction of sp³-hybridized carbons (Fsp3) is 0.125. The highest BCUT2D eigenvalue weighted by Crippen LogP contribution is 2.28. The molecule has 0 saturated heterocycles. The zero-order valence-corrected chi connectivity index (χ0v) is 18.6. The quantitative estimate of drug-likeness (QED) is 0.280. The fourth-order valence-corrected chi connectivity index (χ4v) is 3.93. The van der Waals surface area contributed by atoms with E-state index in [1.165, 1.54) is 23.9 Å². The highest BCUT2D eigenvalue weighted by atomic mass is 79.9. The number of thioether (sulfide) groups is 1. The molecule has 0 radical (unpaired) electrons. The Morgan fingerprint density at radius 1 is 0.966 bits per heavy atom. The second-order valence-electron chi connectivity index (χ2n) is 6.75. The summed E-state index contributed by atoms with van der Waals surface area (Å²) in [6.45, 7) is 0. The Balaban J connectivity index is 1.88. The number of nitrogens with zero attached hydrogens (tertiary/aromatic N) is 1. The van der Waals surface area contributed by atoms with E-state index in [1.54, 1.807) is 12.1 Å². The molecule has 0 aliphatic rings. The first kappa shape index (κ1) is 21.3. The molecular formula is C24H21BrFNOS. The number of carbonyl (C=O) groups excluding carboxylic acids is 1. The molecule has 0 atom stereocenters.